The molecule has 7 rings (SSSR count). The summed E-state index contributed by atoms with van der Waals surface area (Å²) in [7, 11) is 1.46. The second kappa shape index (κ2) is 8.36. The van der Waals surface area contributed by atoms with Crippen LogP contribution in [0, 0.1) is 45.6 Å². The Kier molecular flexibility index (Phi) is 5.22. The smallest absolute Gasteiger partial charge is 0.273 e. The molecule has 0 aromatic heterocycles. The van der Waals surface area contributed by atoms with Gasteiger partial charge in [-0.25, -0.2) is 5.01 Å². The summed E-state index contributed by atoms with van der Waals surface area (Å²) in [5.74, 6) is -2.21. The van der Waals surface area contributed by atoms with Gasteiger partial charge in [0.15, 0.2) is 5.78 Å². The van der Waals surface area contributed by atoms with Gasteiger partial charge in [0.25, 0.3) is 23.4 Å². The highest BCUT2D eigenvalue weighted by Gasteiger charge is 2.68. The van der Waals surface area contributed by atoms with Crippen LogP contribution < -0.4 is 4.74 Å². The van der Waals surface area contributed by atoms with Gasteiger partial charge in [0.2, 0.25) is 0 Å². The van der Waals surface area contributed by atoms with Crippen LogP contribution in [0.1, 0.15) is 27.1 Å². The van der Waals surface area contributed by atoms with Crippen molar-refractivity contribution in [2.45, 2.75) is 6.42 Å². The van der Waals surface area contributed by atoms with Crippen LogP contribution in [0.5, 0.6) is 5.75 Å². The molecule has 0 radical (unpaired) electrons. The van der Waals surface area contributed by atoms with Gasteiger partial charge in [-0.15, -0.1) is 0 Å². The van der Waals surface area contributed by atoms with Crippen LogP contribution in [-0.2, 0) is 9.59 Å². The van der Waals surface area contributed by atoms with Crippen molar-refractivity contribution in [2.75, 3.05) is 13.7 Å². The van der Waals surface area contributed by atoms with Crippen LogP contribution in [0.25, 0.3) is 0 Å². The molecule has 188 valence electrons. The van der Waals surface area contributed by atoms with Gasteiger partial charge in [-0.1, -0.05) is 24.3 Å². The summed E-state index contributed by atoms with van der Waals surface area (Å²) in [4.78, 5) is 64.8. The van der Waals surface area contributed by atoms with E-state index in [0.29, 0.717) is 17.6 Å². The van der Waals surface area contributed by atoms with Crippen molar-refractivity contribution in [3.63, 3.8) is 0 Å². The predicted molar refractivity (Wildman–Crippen MR) is 128 cm³/mol. The highest BCUT2D eigenvalue weighted by molar-refractivity contribution is 6.10. The fourth-order valence-electron chi connectivity index (χ4n) is 6.31. The van der Waals surface area contributed by atoms with Gasteiger partial charge >= 0.3 is 0 Å². The monoisotopic (exact) mass is 501 g/mol. The van der Waals surface area contributed by atoms with E-state index in [9.17, 15) is 29.3 Å². The number of allylic oxidation sites excluding steroid dienone is 2. The first-order chi connectivity index (χ1) is 17.8. The number of nitrogens with zero attached hydrogens (tertiary/aromatic N) is 3. The van der Waals surface area contributed by atoms with Gasteiger partial charge in [-0.05, 0) is 54.4 Å². The minimum Gasteiger partial charge on any atom is -0.497 e. The number of carbonyl (C=O) groups excluding carboxylic acids is 4. The molecule has 5 aliphatic rings. The number of rotatable bonds is 7. The predicted octanol–water partition coefficient (Wildman–Crippen LogP) is 2.90. The molecular weight excluding hydrogens is 478 g/mol. The Morgan fingerprint density at radius 1 is 1.00 bits per heavy atom. The molecule has 1 heterocycles. The van der Waals surface area contributed by atoms with Crippen LogP contribution >= 0.6 is 0 Å². The third kappa shape index (κ3) is 3.54. The topological polar surface area (TPSA) is 127 Å². The third-order valence-corrected chi connectivity index (χ3v) is 8.13. The van der Waals surface area contributed by atoms with Gasteiger partial charge in [0, 0.05) is 23.3 Å². The Hall–Kier alpha value is -4.34. The Morgan fingerprint density at radius 2 is 1.62 bits per heavy atom. The molecule has 3 fully saturated rings. The number of hydrazine groups is 1. The second-order valence-electron chi connectivity index (χ2n) is 9.96. The summed E-state index contributed by atoms with van der Waals surface area (Å²) >= 11 is 0. The maximum absolute atomic E-state index is 13.7. The van der Waals surface area contributed by atoms with Crippen molar-refractivity contribution in [1.29, 1.82) is 0 Å². The molecule has 10 heteroatoms. The van der Waals surface area contributed by atoms with Crippen molar-refractivity contribution < 1.29 is 28.8 Å². The van der Waals surface area contributed by atoms with Crippen LogP contribution in [0.2, 0.25) is 0 Å². The lowest BCUT2D eigenvalue weighted by atomic mass is 9.63. The normalized spacial score (nSPS) is 28.5. The Bertz CT molecular complexity index is 1350. The average Bonchev–Trinajstić information content (AvgIpc) is 3.70. The Balaban J connectivity index is 1.36. The maximum Gasteiger partial charge on any atom is 0.273 e. The van der Waals surface area contributed by atoms with Crippen molar-refractivity contribution in [1.82, 2.24) is 10.0 Å². The minimum absolute atomic E-state index is 0.0171. The first-order valence-electron chi connectivity index (χ1n) is 12.1. The molecular formula is C27H23N3O7. The number of nitro benzene ring substituents is 1. The lowest BCUT2D eigenvalue weighted by Gasteiger charge is -2.37. The zero-order valence-corrected chi connectivity index (χ0v) is 19.9. The van der Waals surface area contributed by atoms with Crippen LogP contribution in [0.3, 0.4) is 0 Å². The molecule has 1 aliphatic heterocycles. The van der Waals surface area contributed by atoms with Crippen molar-refractivity contribution in [3.8, 4) is 5.75 Å². The molecule has 3 amide bonds. The Labute approximate surface area is 211 Å². The first-order valence-corrected chi connectivity index (χ1v) is 12.1. The van der Waals surface area contributed by atoms with E-state index in [1.165, 1.54) is 37.4 Å². The fraction of sp³-hybridized carbons (Fsp3) is 0.333. The van der Waals surface area contributed by atoms with E-state index < -0.39 is 46.8 Å². The molecule has 37 heavy (non-hydrogen) atoms. The van der Waals surface area contributed by atoms with Gasteiger partial charge in [0.1, 0.15) is 12.3 Å². The summed E-state index contributed by atoms with van der Waals surface area (Å²) in [5, 5.41) is 12.8. The molecule has 4 aliphatic carbocycles. The average molecular weight is 501 g/mol. The molecule has 0 N–H and O–H groups in total. The third-order valence-electron chi connectivity index (χ3n) is 8.13. The van der Waals surface area contributed by atoms with E-state index in [1.807, 2.05) is 12.2 Å². The first kappa shape index (κ1) is 23.1. The summed E-state index contributed by atoms with van der Waals surface area (Å²) in [6, 6.07) is 11.2. The number of imide groups is 1. The maximum atomic E-state index is 13.7. The van der Waals surface area contributed by atoms with E-state index in [1.54, 1.807) is 18.2 Å². The van der Waals surface area contributed by atoms with Gasteiger partial charge in [-0.3, -0.25) is 29.3 Å². The lowest BCUT2D eigenvalue weighted by Crippen LogP contribution is -2.52. The van der Waals surface area contributed by atoms with E-state index in [-0.39, 0.29) is 28.7 Å². The highest BCUT2D eigenvalue weighted by Crippen LogP contribution is 2.65. The number of ether oxygens (including phenoxy) is 1. The number of Topliss-reactive ketones (excluding diaryl/α,β-unsaturated/α-hetero) is 1. The molecule has 6 atom stereocenters. The van der Waals surface area contributed by atoms with E-state index in [4.69, 9.17) is 4.74 Å². The number of benzene rings is 2. The summed E-state index contributed by atoms with van der Waals surface area (Å²) in [6.45, 7) is -0.560. The highest BCUT2D eigenvalue weighted by atomic mass is 16.6. The van der Waals surface area contributed by atoms with Crippen molar-refractivity contribution >= 4 is 29.2 Å². The van der Waals surface area contributed by atoms with Gasteiger partial charge < -0.3 is 4.74 Å². The largest absolute Gasteiger partial charge is 0.497 e. The molecule has 10 nitrogen and oxygen atoms in total. The molecule has 0 spiro atoms. The van der Waals surface area contributed by atoms with E-state index in [2.05, 4.69) is 0 Å². The van der Waals surface area contributed by atoms with Crippen LogP contribution in [0.15, 0.2) is 60.7 Å². The molecule has 2 bridgehead atoms. The minimum atomic E-state index is -0.767. The number of hydrogen-bond acceptors (Lipinski definition) is 7. The number of carbonyl (C=O) groups is 4. The lowest BCUT2D eigenvalue weighted by molar-refractivity contribution is -0.384. The summed E-state index contributed by atoms with van der Waals surface area (Å²) in [5.41, 5.74) is 0.0561. The number of amides is 3. The quantitative estimate of drug-likeness (QED) is 0.188. The zero-order chi connectivity index (χ0) is 26.0. The second-order valence-corrected chi connectivity index (χ2v) is 9.96. The number of nitro groups is 1. The van der Waals surface area contributed by atoms with Crippen molar-refractivity contribution in [2.24, 2.45) is 35.5 Å². The van der Waals surface area contributed by atoms with Crippen LogP contribution in [0.4, 0.5) is 5.69 Å². The van der Waals surface area contributed by atoms with E-state index >= 15 is 0 Å². The van der Waals surface area contributed by atoms with Crippen LogP contribution in [-0.4, -0.2) is 52.1 Å². The molecule has 1 saturated heterocycles. The number of ketones is 1. The SMILES string of the molecule is COc1cccc(C(=O)CN(C(=O)c2ccc([N+](=O)[O-])cc2)N2C(=O)[C@@H]3[C@H]4C=C[C@@H]([C@@H]5C[C@H]45)[C@@H]3C2=O)c1. The van der Waals surface area contributed by atoms with Gasteiger partial charge in [0.05, 0.1) is 23.9 Å². The fourth-order valence-corrected chi connectivity index (χ4v) is 6.31. The number of hydrogen-bond donors (Lipinski definition) is 0. The number of non-ortho nitro benzene ring substituents is 1. The molecule has 2 aromatic carbocycles. The number of methoxy groups -OCH3 is 1. The van der Waals surface area contributed by atoms with Gasteiger partial charge in [-0.2, -0.15) is 5.01 Å². The molecule has 2 saturated carbocycles. The zero-order valence-electron chi connectivity index (χ0n) is 19.9. The summed E-state index contributed by atoms with van der Waals surface area (Å²) < 4.78 is 5.19. The molecule has 2 aromatic rings. The Morgan fingerprint density at radius 3 is 2.19 bits per heavy atom. The summed E-state index contributed by atoms with van der Waals surface area (Å²) in [6.07, 6.45) is 5.05. The van der Waals surface area contributed by atoms with Crippen molar-refractivity contribution in [3.05, 3.63) is 81.9 Å². The standard InChI is InChI=1S/C27H23N3O7/c1-37-17-4-2-3-15(11-17)22(31)13-28(25(32)14-5-7-16(8-6-14)30(35)36)29-26(33)23-18-9-10-19(21-12-20(18)21)24(23)27(29)34/h2-11,18-21,23-24H,12-13H2,1H3/t18-,19-,20-,21+,23-,24+/m0/s1. The van der Waals surface area contributed by atoms with E-state index in [0.717, 1.165) is 16.4 Å². The molecule has 0 unspecified atom stereocenters.